The van der Waals surface area contributed by atoms with Crippen LogP contribution in [0.3, 0.4) is 0 Å². The fraction of sp³-hybridized carbons (Fsp3) is 0.211. The third kappa shape index (κ3) is 7.33. The van der Waals surface area contributed by atoms with Crippen LogP contribution >= 0.6 is 12.2 Å². The number of carbonyl (C=O) groups excluding carboxylic acids is 1. The average Bonchev–Trinajstić information content (AvgIpc) is 2.67. The lowest BCUT2D eigenvalue weighted by atomic mass is 10.1. The SMILES string of the molecule is COc1cc(/C=N/NC(N)=S)ccc1OCC(=O)NCCc1ccccc1. The first-order chi connectivity index (χ1) is 13.1. The minimum absolute atomic E-state index is 0.0800. The van der Waals surface area contributed by atoms with Gasteiger partial charge in [-0.1, -0.05) is 30.3 Å². The van der Waals surface area contributed by atoms with Crippen LogP contribution in [0.2, 0.25) is 0 Å². The van der Waals surface area contributed by atoms with Crippen LogP contribution in [0.15, 0.2) is 53.6 Å². The van der Waals surface area contributed by atoms with Crippen LogP contribution in [0.4, 0.5) is 0 Å². The Labute approximate surface area is 163 Å². The highest BCUT2D eigenvalue weighted by Crippen LogP contribution is 2.27. The van der Waals surface area contributed by atoms with Crippen molar-refractivity contribution in [2.45, 2.75) is 6.42 Å². The highest BCUT2D eigenvalue weighted by Gasteiger charge is 2.08. The third-order valence-electron chi connectivity index (χ3n) is 3.51. The van der Waals surface area contributed by atoms with Crippen LogP contribution in [0, 0.1) is 0 Å². The second-order valence-corrected chi connectivity index (χ2v) is 5.96. The molecule has 0 saturated carbocycles. The van der Waals surface area contributed by atoms with Crippen molar-refractivity contribution in [1.82, 2.24) is 10.7 Å². The molecule has 0 aliphatic carbocycles. The number of rotatable bonds is 9. The zero-order chi connectivity index (χ0) is 19.5. The molecule has 0 saturated heterocycles. The highest BCUT2D eigenvalue weighted by molar-refractivity contribution is 7.80. The molecule has 0 radical (unpaired) electrons. The van der Waals surface area contributed by atoms with Crippen molar-refractivity contribution >= 4 is 29.5 Å². The molecule has 1 amide bonds. The van der Waals surface area contributed by atoms with E-state index in [1.807, 2.05) is 30.3 Å². The molecule has 2 rings (SSSR count). The summed E-state index contributed by atoms with van der Waals surface area (Å²) in [5.41, 5.74) is 9.70. The van der Waals surface area contributed by atoms with Crippen LogP contribution in [0.5, 0.6) is 11.5 Å². The van der Waals surface area contributed by atoms with E-state index in [4.69, 9.17) is 15.2 Å². The van der Waals surface area contributed by atoms with Crippen LogP contribution in [-0.2, 0) is 11.2 Å². The van der Waals surface area contributed by atoms with Crippen molar-refractivity contribution in [1.29, 1.82) is 0 Å². The molecule has 0 unspecified atom stereocenters. The first kappa shape index (κ1) is 20.2. The lowest BCUT2D eigenvalue weighted by molar-refractivity contribution is -0.123. The monoisotopic (exact) mass is 386 g/mol. The van der Waals surface area contributed by atoms with Crippen LogP contribution in [-0.4, -0.2) is 37.5 Å². The number of nitrogens with two attached hydrogens (primary N) is 1. The minimum atomic E-state index is -0.195. The molecule has 2 aromatic rings. The Bertz CT molecular complexity index is 797. The third-order valence-corrected chi connectivity index (χ3v) is 3.60. The van der Waals surface area contributed by atoms with Gasteiger partial charge < -0.3 is 20.5 Å². The maximum atomic E-state index is 11.9. The number of methoxy groups -OCH3 is 1. The second-order valence-electron chi connectivity index (χ2n) is 5.52. The summed E-state index contributed by atoms with van der Waals surface area (Å²) in [5, 5.41) is 6.79. The Balaban J connectivity index is 1.82. The van der Waals surface area contributed by atoms with E-state index in [0.717, 1.165) is 12.0 Å². The van der Waals surface area contributed by atoms with Crippen molar-refractivity contribution in [3.63, 3.8) is 0 Å². The predicted octanol–water partition coefficient (Wildman–Crippen LogP) is 1.60. The number of thiocarbonyl (C=S) groups is 1. The summed E-state index contributed by atoms with van der Waals surface area (Å²) in [4.78, 5) is 11.9. The fourth-order valence-corrected chi connectivity index (χ4v) is 2.29. The Morgan fingerprint density at radius 2 is 2.00 bits per heavy atom. The number of hydrogen-bond donors (Lipinski definition) is 3. The Morgan fingerprint density at radius 1 is 1.22 bits per heavy atom. The summed E-state index contributed by atoms with van der Waals surface area (Å²) < 4.78 is 10.8. The predicted molar refractivity (Wildman–Crippen MR) is 109 cm³/mol. The molecule has 0 atom stereocenters. The molecular weight excluding hydrogens is 364 g/mol. The van der Waals surface area contributed by atoms with Gasteiger partial charge in [0.05, 0.1) is 13.3 Å². The number of hydrogen-bond acceptors (Lipinski definition) is 5. The van der Waals surface area contributed by atoms with Crippen LogP contribution in [0.1, 0.15) is 11.1 Å². The van der Waals surface area contributed by atoms with Gasteiger partial charge >= 0.3 is 0 Å². The van der Waals surface area contributed by atoms with Crippen molar-refractivity contribution in [3.05, 3.63) is 59.7 Å². The van der Waals surface area contributed by atoms with Crippen molar-refractivity contribution in [3.8, 4) is 11.5 Å². The van der Waals surface area contributed by atoms with Gasteiger partial charge in [-0.3, -0.25) is 10.2 Å². The Hall–Kier alpha value is -3.13. The number of nitrogens with zero attached hydrogens (tertiary/aromatic N) is 1. The number of amides is 1. The van der Waals surface area contributed by atoms with E-state index >= 15 is 0 Å². The van der Waals surface area contributed by atoms with Gasteiger partial charge in [0.25, 0.3) is 5.91 Å². The maximum Gasteiger partial charge on any atom is 0.257 e. The average molecular weight is 386 g/mol. The first-order valence-corrected chi connectivity index (χ1v) is 8.69. The number of ether oxygens (including phenoxy) is 2. The van der Waals surface area contributed by atoms with Gasteiger partial charge in [0.1, 0.15) is 0 Å². The molecule has 7 nitrogen and oxygen atoms in total. The summed E-state index contributed by atoms with van der Waals surface area (Å²) in [6.45, 7) is 0.455. The molecule has 27 heavy (non-hydrogen) atoms. The molecule has 0 aliphatic heterocycles. The molecule has 8 heteroatoms. The summed E-state index contributed by atoms with van der Waals surface area (Å²) in [5.74, 6) is 0.765. The highest BCUT2D eigenvalue weighted by atomic mass is 32.1. The van der Waals surface area contributed by atoms with Gasteiger partial charge in [-0.2, -0.15) is 5.10 Å². The van der Waals surface area contributed by atoms with Gasteiger partial charge in [0.2, 0.25) is 0 Å². The maximum absolute atomic E-state index is 11.9. The van der Waals surface area contributed by atoms with E-state index in [-0.39, 0.29) is 17.6 Å². The van der Waals surface area contributed by atoms with Crippen molar-refractivity contribution in [2.75, 3.05) is 20.3 Å². The summed E-state index contributed by atoms with van der Waals surface area (Å²) in [6.07, 6.45) is 2.31. The van der Waals surface area contributed by atoms with E-state index in [9.17, 15) is 4.79 Å². The first-order valence-electron chi connectivity index (χ1n) is 8.28. The second kappa shape index (κ2) is 10.8. The number of nitrogens with one attached hydrogen (secondary N) is 2. The quantitative estimate of drug-likeness (QED) is 0.344. The van der Waals surface area contributed by atoms with E-state index in [2.05, 4.69) is 28.1 Å². The standard InChI is InChI=1S/C19H22N4O3S/c1-25-17-11-15(12-22-23-19(20)27)7-8-16(17)26-13-18(24)21-10-9-14-5-3-2-4-6-14/h2-8,11-12H,9-10,13H2,1H3,(H,21,24)(H3,20,23,27)/b22-12+. The molecule has 4 N–H and O–H groups in total. The summed E-state index contributed by atoms with van der Waals surface area (Å²) in [6, 6.07) is 15.2. The number of hydrazone groups is 1. The van der Waals surface area contributed by atoms with Crippen molar-refractivity contribution in [2.24, 2.45) is 10.8 Å². The van der Waals surface area contributed by atoms with E-state index < -0.39 is 0 Å². The lowest BCUT2D eigenvalue weighted by Crippen LogP contribution is -2.30. The summed E-state index contributed by atoms with van der Waals surface area (Å²) >= 11 is 4.67. The van der Waals surface area contributed by atoms with E-state index in [0.29, 0.717) is 18.0 Å². The smallest absolute Gasteiger partial charge is 0.257 e. The van der Waals surface area contributed by atoms with Gasteiger partial charge in [-0.15, -0.1) is 0 Å². The number of benzene rings is 2. The molecule has 0 aromatic heterocycles. The molecule has 0 spiro atoms. The molecule has 0 fully saturated rings. The number of carbonyl (C=O) groups is 1. The fourth-order valence-electron chi connectivity index (χ4n) is 2.24. The Kier molecular flexibility index (Phi) is 8.05. The summed E-state index contributed by atoms with van der Waals surface area (Å²) in [7, 11) is 1.52. The van der Waals surface area contributed by atoms with Gasteiger partial charge in [-0.05, 0) is 48.0 Å². The molecule has 0 aliphatic rings. The molecular formula is C19H22N4O3S. The van der Waals surface area contributed by atoms with E-state index in [1.54, 1.807) is 24.4 Å². The lowest BCUT2D eigenvalue weighted by Gasteiger charge is -2.11. The zero-order valence-electron chi connectivity index (χ0n) is 15.0. The van der Waals surface area contributed by atoms with Gasteiger partial charge in [0, 0.05) is 6.54 Å². The topological polar surface area (TPSA) is 98.0 Å². The molecule has 142 valence electrons. The van der Waals surface area contributed by atoms with E-state index in [1.165, 1.54) is 12.7 Å². The van der Waals surface area contributed by atoms with Crippen LogP contribution < -0.4 is 25.9 Å². The minimum Gasteiger partial charge on any atom is -0.493 e. The largest absolute Gasteiger partial charge is 0.493 e. The van der Waals surface area contributed by atoms with Gasteiger partial charge in [0.15, 0.2) is 23.2 Å². The van der Waals surface area contributed by atoms with Crippen molar-refractivity contribution < 1.29 is 14.3 Å². The normalized spacial score (nSPS) is 10.4. The molecule has 0 heterocycles. The van der Waals surface area contributed by atoms with Gasteiger partial charge in [-0.25, -0.2) is 0 Å². The Morgan fingerprint density at radius 3 is 2.70 bits per heavy atom. The van der Waals surface area contributed by atoms with Crippen LogP contribution in [0.25, 0.3) is 0 Å². The molecule has 0 bridgehead atoms. The molecule has 2 aromatic carbocycles. The zero-order valence-corrected chi connectivity index (χ0v) is 15.8.